The molecule has 3 rings (SSSR count). The molecule has 1 atom stereocenters. The van der Waals surface area contributed by atoms with E-state index in [1.54, 1.807) is 17.2 Å². The zero-order chi connectivity index (χ0) is 21.6. The minimum absolute atomic E-state index is 0.0473. The van der Waals surface area contributed by atoms with Gasteiger partial charge < -0.3 is 14.7 Å². The summed E-state index contributed by atoms with van der Waals surface area (Å²) in [6, 6.07) is 15.4. The molecule has 1 aromatic heterocycles. The fraction of sp³-hybridized carbons (Fsp3) is 0.391. The highest BCUT2D eigenvalue weighted by Crippen LogP contribution is 2.21. The number of pyridine rings is 1. The van der Waals surface area contributed by atoms with Gasteiger partial charge in [-0.05, 0) is 42.7 Å². The molecule has 1 aliphatic rings. The second-order valence-electron chi connectivity index (χ2n) is 8.24. The molecule has 154 valence electrons. The van der Waals surface area contributed by atoms with E-state index < -0.39 is 0 Å². The average molecular weight is 404 g/mol. The van der Waals surface area contributed by atoms with Crippen molar-refractivity contribution in [2.45, 2.75) is 18.9 Å². The van der Waals surface area contributed by atoms with E-state index in [4.69, 9.17) is 5.26 Å². The number of quaternary nitrogens is 1. The SMILES string of the molecule is C[N+](C)(CCNc1ccc(-c2cccc(C#N)c2)cn1)CC(=O)N1CCC[C@H]1C#N. The van der Waals surface area contributed by atoms with Crippen LogP contribution in [0, 0.1) is 22.7 Å². The summed E-state index contributed by atoms with van der Waals surface area (Å²) in [4.78, 5) is 18.8. The minimum Gasteiger partial charge on any atom is -0.364 e. The number of hydrogen-bond acceptors (Lipinski definition) is 5. The largest absolute Gasteiger partial charge is 0.364 e. The molecule has 7 nitrogen and oxygen atoms in total. The summed E-state index contributed by atoms with van der Waals surface area (Å²) in [6.45, 7) is 2.49. The van der Waals surface area contributed by atoms with Gasteiger partial charge in [0.1, 0.15) is 11.9 Å². The lowest BCUT2D eigenvalue weighted by atomic mass is 10.1. The minimum atomic E-state index is -0.271. The number of likely N-dealkylation sites (tertiary alicyclic amines) is 1. The normalized spacial score (nSPS) is 16.0. The van der Waals surface area contributed by atoms with E-state index >= 15 is 0 Å². The molecule has 30 heavy (non-hydrogen) atoms. The number of hydrogen-bond donors (Lipinski definition) is 1. The highest BCUT2D eigenvalue weighted by molar-refractivity contribution is 5.78. The highest BCUT2D eigenvalue weighted by Gasteiger charge is 2.32. The van der Waals surface area contributed by atoms with Crippen LogP contribution in [0.25, 0.3) is 11.1 Å². The van der Waals surface area contributed by atoms with Gasteiger partial charge in [-0.25, -0.2) is 4.98 Å². The van der Waals surface area contributed by atoms with Crippen LogP contribution in [0.2, 0.25) is 0 Å². The number of nitrogens with one attached hydrogen (secondary N) is 1. The zero-order valence-corrected chi connectivity index (χ0v) is 17.5. The maximum Gasteiger partial charge on any atom is 0.278 e. The molecular weight excluding hydrogens is 376 g/mol. The Morgan fingerprint density at radius 2 is 2.10 bits per heavy atom. The van der Waals surface area contributed by atoms with Gasteiger partial charge in [-0.1, -0.05) is 12.1 Å². The molecule has 0 radical (unpaired) electrons. The quantitative estimate of drug-likeness (QED) is 0.718. The first-order valence-electron chi connectivity index (χ1n) is 10.1. The smallest absolute Gasteiger partial charge is 0.278 e. The van der Waals surface area contributed by atoms with Crippen LogP contribution in [0.3, 0.4) is 0 Å². The van der Waals surface area contributed by atoms with E-state index in [2.05, 4.69) is 22.4 Å². The lowest BCUT2D eigenvalue weighted by Crippen LogP contribution is -2.51. The Morgan fingerprint density at radius 3 is 2.80 bits per heavy atom. The van der Waals surface area contributed by atoms with Crippen LogP contribution >= 0.6 is 0 Å². The summed E-state index contributed by atoms with van der Waals surface area (Å²) in [6.07, 6.45) is 3.47. The average Bonchev–Trinajstić information content (AvgIpc) is 3.23. The van der Waals surface area contributed by atoms with Gasteiger partial charge in [0.05, 0.1) is 44.9 Å². The van der Waals surface area contributed by atoms with Crippen LogP contribution in [-0.4, -0.2) is 66.6 Å². The maximum atomic E-state index is 12.6. The number of anilines is 1. The third-order valence-corrected chi connectivity index (χ3v) is 5.40. The molecule has 0 unspecified atom stereocenters. The fourth-order valence-electron chi connectivity index (χ4n) is 3.66. The first-order chi connectivity index (χ1) is 14.4. The zero-order valence-electron chi connectivity index (χ0n) is 17.5. The molecule has 1 N–H and O–H groups in total. The van der Waals surface area contributed by atoms with E-state index in [0.29, 0.717) is 29.7 Å². The predicted octanol–water partition coefficient (Wildman–Crippen LogP) is 2.62. The van der Waals surface area contributed by atoms with Gasteiger partial charge in [0.25, 0.3) is 5.91 Å². The second kappa shape index (κ2) is 9.39. The Bertz CT molecular complexity index is 970. The number of rotatable bonds is 7. The molecule has 0 saturated carbocycles. The number of nitrogens with zero attached hydrogens (tertiary/aromatic N) is 5. The summed E-state index contributed by atoms with van der Waals surface area (Å²) in [7, 11) is 4.05. The molecule has 7 heteroatoms. The van der Waals surface area contributed by atoms with Gasteiger partial charge in [-0.15, -0.1) is 0 Å². The number of carbonyl (C=O) groups is 1. The molecule has 1 aliphatic heterocycles. The number of aromatic nitrogens is 1. The Balaban J connectivity index is 1.51. The third-order valence-electron chi connectivity index (χ3n) is 5.40. The molecule has 0 aliphatic carbocycles. The first-order valence-corrected chi connectivity index (χ1v) is 10.1. The van der Waals surface area contributed by atoms with Crippen LogP contribution in [0.5, 0.6) is 0 Å². The lowest BCUT2D eigenvalue weighted by molar-refractivity contribution is -0.881. The van der Waals surface area contributed by atoms with Gasteiger partial charge in [-0.2, -0.15) is 10.5 Å². The lowest BCUT2D eigenvalue weighted by Gasteiger charge is -2.31. The van der Waals surface area contributed by atoms with Crippen molar-refractivity contribution in [2.24, 2.45) is 0 Å². The Labute approximate surface area is 177 Å². The van der Waals surface area contributed by atoms with Crippen molar-refractivity contribution in [1.29, 1.82) is 10.5 Å². The number of amides is 1. The summed E-state index contributed by atoms with van der Waals surface area (Å²) >= 11 is 0. The summed E-state index contributed by atoms with van der Waals surface area (Å²) in [5, 5.41) is 21.5. The van der Waals surface area contributed by atoms with Crippen molar-refractivity contribution in [3.05, 3.63) is 48.2 Å². The molecule has 1 saturated heterocycles. The van der Waals surface area contributed by atoms with E-state index in [-0.39, 0.29) is 11.9 Å². The third kappa shape index (κ3) is 5.34. The fourth-order valence-corrected chi connectivity index (χ4v) is 3.66. The highest BCUT2D eigenvalue weighted by atomic mass is 16.2. The van der Waals surface area contributed by atoms with Crippen molar-refractivity contribution < 1.29 is 9.28 Å². The van der Waals surface area contributed by atoms with Gasteiger partial charge >= 0.3 is 0 Å². The van der Waals surface area contributed by atoms with Crippen molar-refractivity contribution in [1.82, 2.24) is 9.88 Å². The van der Waals surface area contributed by atoms with Crippen molar-refractivity contribution >= 4 is 11.7 Å². The first kappa shape index (κ1) is 21.3. The van der Waals surface area contributed by atoms with E-state index in [9.17, 15) is 10.1 Å². The molecule has 2 heterocycles. The Kier molecular flexibility index (Phi) is 6.66. The number of nitriles is 2. The van der Waals surface area contributed by atoms with E-state index in [1.807, 2.05) is 44.4 Å². The summed E-state index contributed by atoms with van der Waals surface area (Å²) < 4.78 is 0.541. The van der Waals surface area contributed by atoms with E-state index in [1.165, 1.54) is 0 Å². The molecule has 1 aromatic carbocycles. The molecule has 0 spiro atoms. The molecule has 1 amide bonds. The number of carbonyl (C=O) groups excluding carboxylic acids is 1. The monoisotopic (exact) mass is 403 g/mol. The van der Waals surface area contributed by atoms with Crippen molar-refractivity contribution in [2.75, 3.05) is 45.6 Å². The standard InChI is InChI=1S/C23H27N6O/c1-29(2,17-23(30)28-11-4-7-21(28)15-25)12-10-26-22-9-8-20(16-27-22)19-6-3-5-18(13-19)14-24/h3,5-6,8-9,13,16,21H,4,7,10-12,17H2,1-2H3,(H,26,27)/q+1/t21-/m0/s1. The van der Waals surface area contributed by atoms with Gasteiger partial charge in [0.2, 0.25) is 0 Å². The number of benzene rings is 1. The summed E-state index contributed by atoms with van der Waals surface area (Å²) in [5.41, 5.74) is 2.54. The van der Waals surface area contributed by atoms with Crippen LogP contribution < -0.4 is 5.32 Å². The maximum absolute atomic E-state index is 12.6. The van der Waals surface area contributed by atoms with Crippen LogP contribution in [0.1, 0.15) is 18.4 Å². The van der Waals surface area contributed by atoms with Crippen LogP contribution in [-0.2, 0) is 4.79 Å². The second-order valence-corrected chi connectivity index (χ2v) is 8.24. The molecular formula is C23H27N6O+. The van der Waals surface area contributed by atoms with Crippen molar-refractivity contribution in [3.63, 3.8) is 0 Å². The van der Waals surface area contributed by atoms with Gasteiger partial charge in [0, 0.05) is 18.3 Å². The Hall–Kier alpha value is -3.42. The number of likely N-dealkylation sites (N-methyl/N-ethyl adjacent to an activating group) is 1. The van der Waals surface area contributed by atoms with Crippen LogP contribution in [0.4, 0.5) is 5.82 Å². The topological polar surface area (TPSA) is 92.8 Å². The summed E-state index contributed by atoms with van der Waals surface area (Å²) in [5.74, 6) is 0.816. The predicted molar refractivity (Wildman–Crippen MR) is 115 cm³/mol. The van der Waals surface area contributed by atoms with Gasteiger partial charge in [0.15, 0.2) is 6.54 Å². The van der Waals surface area contributed by atoms with Gasteiger partial charge in [-0.3, -0.25) is 4.79 Å². The molecule has 1 fully saturated rings. The van der Waals surface area contributed by atoms with Crippen LogP contribution in [0.15, 0.2) is 42.6 Å². The molecule has 0 bridgehead atoms. The Morgan fingerprint density at radius 1 is 1.27 bits per heavy atom. The molecule has 2 aromatic rings. The van der Waals surface area contributed by atoms with E-state index in [0.717, 1.165) is 36.3 Å². The van der Waals surface area contributed by atoms with Crippen molar-refractivity contribution in [3.8, 4) is 23.3 Å².